The summed E-state index contributed by atoms with van der Waals surface area (Å²) in [6.45, 7) is 3.41. The molecule has 0 spiro atoms. The molecule has 1 aromatic heterocycles. The average molecular weight is 506 g/mol. The van der Waals surface area contributed by atoms with Crippen LogP contribution in [0.4, 0.5) is 5.69 Å². The number of anilines is 1. The predicted molar refractivity (Wildman–Crippen MR) is 140 cm³/mol. The number of hydrogen-bond acceptors (Lipinski definition) is 5. The van der Waals surface area contributed by atoms with E-state index in [-0.39, 0.29) is 25.0 Å². The number of nitrogens with zero attached hydrogens (tertiary/aromatic N) is 3. The molecule has 2 heterocycles. The summed E-state index contributed by atoms with van der Waals surface area (Å²) in [5.41, 5.74) is 2.58. The maximum Gasteiger partial charge on any atom is 0.227 e. The minimum Gasteiger partial charge on any atom is -0.494 e. The van der Waals surface area contributed by atoms with E-state index in [4.69, 9.17) is 26.1 Å². The fourth-order valence-electron chi connectivity index (χ4n) is 4.63. The first-order chi connectivity index (χ1) is 17.5. The minimum atomic E-state index is -0.794. The topological polar surface area (TPSA) is 76.8 Å². The molecule has 8 heteroatoms. The van der Waals surface area contributed by atoms with Crippen LogP contribution in [0.25, 0.3) is 11.0 Å². The van der Waals surface area contributed by atoms with Gasteiger partial charge in [0.2, 0.25) is 5.91 Å². The van der Waals surface area contributed by atoms with Gasteiger partial charge < -0.3 is 24.0 Å². The van der Waals surface area contributed by atoms with Crippen LogP contribution in [-0.2, 0) is 11.3 Å². The number of benzene rings is 3. The van der Waals surface area contributed by atoms with Crippen LogP contribution in [0.2, 0.25) is 5.02 Å². The Labute approximate surface area is 214 Å². The molecule has 4 aromatic rings. The number of fused-ring (bicyclic) bond motifs is 1. The molecule has 0 radical (unpaired) electrons. The first-order valence-electron chi connectivity index (χ1n) is 12.1. The molecule has 0 bridgehead atoms. The Balaban J connectivity index is 1.36. The molecule has 1 fully saturated rings. The summed E-state index contributed by atoms with van der Waals surface area (Å²) < 4.78 is 13.3. The molecular formula is C28H28ClN3O4. The Morgan fingerprint density at radius 2 is 1.81 bits per heavy atom. The fourth-order valence-corrected chi connectivity index (χ4v) is 4.82. The van der Waals surface area contributed by atoms with Crippen molar-refractivity contribution in [3.05, 3.63) is 83.6 Å². The lowest BCUT2D eigenvalue weighted by atomic mass is 10.1. The first kappa shape index (κ1) is 24.2. The van der Waals surface area contributed by atoms with Gasteiger partial charge in [0.25, 0.3) is 0 Å². The second kappa shape index (κ2) is 10.6. The second-order valence-corrected chi connectivity index (χ2v) is 9.20. The van der Waals surface area contributed by atoms with E-state index in [1.807, 2.05) is 72.2 Å². The van der Waals surface area contributed by atoms with Crippen molar-refractivity contribution in [3.8, 4) is 11.5 Å². The average Bonchev–Trinajstić information content (AvgIpc) is 3.45. The smallest absolute Gasteiger partial charge is 0.227 e. The standard InChI is InChI=1S/C28H28ClN3O4/c1-2-35-22-13-11-20(12-14-22)31-16-19(15-27(31)34)28-30-24-8-4-5-9-25(24)32(28)17-21(33)18-36-26-10-6-3-7-23(26)29/h3-14,19,21,33H,2,15-18H2,1H3/t19-,21+/m0/s1. The third-order valence-corrected chi connectivity index (χ3v) is 6.61. The molecule has 7 nitrogen and oxygen atoms in total. The van der Waals surface area contributed by atoms with Crippen molar-refractivity contribution in [1.29, 1.82) is 0 Å². The van der Waals surface area contributed by atoms with E-state index in [9.17, 15) is 9.90 Å². The summed E-state index contributed by atoms with van der Waals surface area (Å²) in [5.74, 6) is 2.04. The number of carbonyl (C=O) groups excluding carboxylic acids is 1. The van der Waals surface area contributed by atoms with E-state index in [1.165, 1.54) is 0 Å². The Hall–Kier alpha value is -3.55. The third kappa shape index (κ3) is 5.03. The van der Waals surface area contributed by atoms with E-state index in [0.29, 0.717) is 30.3 Å². The van der Waals surface area contributed by atoms with Gasteiger partial charge in [0.1, 0.15) is 30.0 Å². The molecule has 2 atom stereocenters. The van der Waals surface area contributed by atoms with Crippen molar-refractivity contribution >= 4 is 34.2 Å². The molecule has 1 N–H and O–H groups in total. The molecule has 3 aromatic carbocycles. The molecule has 5 rings (SSSR count). The lowest BCUT2D eigenvalue weighted by Crippen LogP contribution is -2.26. The number of aliphatic hydroxyl groups excluding tert-OH is 1. The van der Waals surface area contributed by atoms with Gasteiger partial charge in [0.15, 0.2) is 0 Å². The highest BCUT2D eigenvalue weighted by molar-refractivity contribution is 6.32. The van der Waals surface area contributed by atoms with E-state index in [1.54, 1.807) is 17.0 Å². The van der Waals surface area contributed by atoms with Crippen LogP contribution < -0.4 is 14.4 Å². The molecule has 0 saturated carbocycles. The van der Waals surface area contributed by atoms with Crippen molar-refractivity contribution in [3.63, 3.8) is 0 Å². The molecule has 186 valence electrons. The van der Waals surface area contributed by atoms with Gasteiger partial charge in [0, 0.05) is 24.6 Å². The van der Waals surface area contributed by atoms with Crippen LogP contribution in [0.5, 0.6) is 11.5 Å². The fraction of sp³-hybridized carbons (Fsp3) is 0.286. The number of imidazole rings is 1. The summed E-state index contributed by atoms with van der Waals surface area (Å²) in [6, 6.07) is 22.6. The van der Waals surface area contributed by atoms with Gasteiger partial charge in [-0.2, -0.15) is 0 Å². The summed E-state index contributed by atoms with van der Waals surface area (Å²) in [5, 5.41) is 11.3. The first-order valence-corrected chi connectivity index (χ1v) is 12.4. The van der Waals surface area contributed by atoms with Crippen LogP contribution in [0, 0.1) is 0 Å². The molecule has 36 heavy (non-hydrogen) atoms. The van der Waals surface area contributed by atoms with Gasteiger partial charge in [-0.05, 0) is 55.5 Å². The Morgan fingerprint density at radius 3 is 2.58 bits per heavy atom. The number of hydrogen-bond donors (Lipinski definition) is 1. The third-order valence-electron chi connectivity index (χ3n) is 6.29. The van der Waals surface area contributed by atoms with Gasteiger partial charge in [-0.1, -0.05) is 35.9 Å². The van der Waals surface area contributed by atoms with Gasteiger partial charge >= 0.3 is 0 Å². The Kier molecular flexibility index (Phi) is 7.11. The largest absolute Gasteiger partial charge is 0.494 e. The quantitative estimate of drug-likeness (QED) is 0.344. The van der Waals surface area contributed by atoms with Crippen LogP contribution in [0.15, 0.2) is 72.8 Å². The van der Waals surface area contributed by atoms with E-state index < -0.39 is 6.10 Å². The Morgan fingerprint density at radius 1 is 1.06 bits per heavy atom. The highest BCUT2D eigenvalue weighted by atomic mass is 35.5. The van der Waals surface area contributed by atoms with Crippen LogP contribution >= 0.6 is 11.6 Å². The highest BCUT2D eigenvalue weighted by Crippen LogP contribution is 2.34. The zero-order valence-corrected chi connectivity index (χ0v) is 20.8. The van der Waals surface area contributed by atoms with Crippen molar-refractivity contribution in [1.82, 2.24) is 9.55 Å². The van der Waals surface area contributed by atoms with Gasteiger partial charge in [-0.15, -0.1) is 0 Å². The molecule has 1 saturated heterocycles. The van der Waals surface area contributed by atoms with Crippen LogP contribution in [0.3, 0.4) is 0 Å². The number of amides is 1. The van der Waals surface area contributed by atoms with Gasteiger partial charge in [-0.3, -0.25) is 4.79 Å². The zero-order valence-electron chi connectivity index (χ0n) is 20.0. The van der Waals surface area contributed by atoms with Gasteiger partial charge in [0.05, 0.1) is 29.2 Å². The van der Waals surface area contributed by atoms with E-state index >= 15 is 0 Å². The summed E-state index contributed by atoms with van der Waals surface area (Å²) >= 11 is 6.18. The van der Waals surface area contributed by atoms with E-state index in [0.717, 1.165) is 28.3 Å². The molecule has 0 aliphatic carbocycles. The number of carbonyl (C=O) groups is 1. The van der Waals surface area contributed by atoms with Crippen LogP contribution in [0.1, 0.15) is 25.1 Å². The minimum absolute atomic E-state index is 0.0466. The maximum atomic E-state index is 13.0. The summed E-state index contributed by atoms with van der Waals surface area (Å²) in [6.07, 6.45) is -0.445. The zero-order chi connectivity index (χ0) is 25.1. The number of para-hydroxylation sites is 3. The number of ether oxygens (including phenoxy) is 2. The predicted octanol–water partition coefficient (Wildman–Crippen LogP) is 5.05. The molecule has 1 aliphatic heterocycles. The molecule has 0 unspecified atom stereocenters. The molecule has 1 amide bonds. The number of aliphatic hydroxyl groups is 1. The molecule has 1 aliphatic rings. The maximum absolute atomic E-state index is 13.0. The SMILES string of the molecule is CCOc1ccc(N2C[C@@H](c3nc4ccccc4n3C[C@@H](O)COc3ccccc3Cl)CC2=O)cc1. The van der Waals surface area contributed by atoms with Crippen molar-refractivity contribution in [2.75, 3.05) is 24.7 Å². The number of halogens is 1. The lowest BCUT2D eigenvalue weighted by Gasteiger charge is -2.19. The van der Waals surface area contributed by atoms with Gasteiger partial charge in [-0.25, -0.2) is 4.98 Å². The lowest BCUT2D eigenvalue weighted by molar-refractivity contribution is -0.117. The number of aromatic nitrogens is 2. The number of rotatable bonds is 9. The van der Waals surface area contributed by atoms with Crippen molar-refractivity contribution < 1.29 is 19.4 Å². The molecular weight excluding hydrogens is 478 g/mol. The summed E-state index contributed by atoms with van der Waals surface area (Å²) in [4.78, 5) is 19.6. The van der Waals surface area contributed by atoms with Crippen LogP contribution in [-0.4, -0.2) is 46.4 Å². The normalized spacial score (nSPS) is 16.5. The Bertz CT molecular complexity index is 1350. The van der Waals surface area contributed by atoms with Crippen molar-refractivity contribution in [2.24, 2.45) is 0 Å². The second-order valence-electron chi connectivity index (χ2n) is 8.80. The van der Waals surface area contributed by atoms with Crippen molar-refractivity contribution in [2.45, 2.75) is 31.9 Å². The highest BCUT2D eigenvalue weighted by Gasteiger charge is 2.35. The summed E-state index contributed by atoms with van der Waals surface area (Å²) in [7, 11) is 0. The monoisotopic (exact) mass is 505 g/mol. The van der Waals surface area contributed by atoms with E-state index in [2.05, 4.69) is 0 Å².